The fourth-order valence-corrected chi connectivity index (χ4v) is 3.70. The van der Waals surface area contributed by atoms with Gasteiger partial charge in [-0.25, -0.2) is 10.4 Å². The van der Waals surface area contributed by atoms with Gasteiger partial charge >= 0.3 is 0 Å². The highest BCUT2D eigenvalue weighted by atomic mass is 32.1. The second-order valence-corrected chi connectivity index (χ2v) is 7.12. The quantitative estimate of drug-likeness (QED) is 0.395. The Morgan fingerprint density at radius 1 is 1.07 bits per heavy atom. The monoisotopic (exact) mass is 387 g/mol. The van der Waals surface area contributed by atoms with Crippen molar-refractivity contribution in [3.05, 3.63) is 82.7 Å². The number of amides is 1. The van der Waals surface area contributed by atoms with Crippen LogP contribution in [-0.2, 0) is 11.2 Å². The maximum absolute atomic E-state index is 12.2. The van der Waals surface area contributed by atoms with E-state index in [1.54, 1.807) is 6.07 Å². The third-order valence-corrected chi connectivity index (χ3v) is 5.11. The van der Waals surface area contributed by atoms with E-state index < -0.39 is 0 Å². The molecule has 5 nitrogen and oxygen atoms in total. The fourth-order valence-electron chi connectivity index (χ4n) is 2.90. The minimum atomic E-state index is -0.259. The summed E-state index contributed by atoms with van der Waals surface area (Å²) in [5.74, 6) is -0.144. The zero-order chi connectivity index (χ0) is 19.3. The van der Waals surface area contributed by atoms with E-state index in [4.69, 9.17) is 0 Å². The molecule has 1 amide bonds. The van der Waals surface area contributed by atoms with Crippen LogP contribution in [0.15, 0.2) is 77.2 Å². The SMILES string of the molecule is O=C(Cc1nc(-c2ccccc2)cs1)N/N=C/c1c(O)ccc2ccccc12. The lowest BCUT2D eigenvalue weighted by atomic mass is 10.0. The molecule has 0 atom stereocenters. The number of aromatic nitrogens is 1. The van der Waals surface area contributed by atoms with Crippen molar-refractivity contribution < 1.29 is 9.90 Å². The van der Waals surface area contributed by atoms with E-state index in [0.29, 0.717) is 5.56 Å². The maximum atomic E-state index is 12.2. The van der Waals surface area contributed by atoms with E-state index in [1.807, 2.05) is 66.0 Å². The first-order chi connectivity index (χ1) is 13.7. The van der Waals surface area contributed by atoms with Gasteiger partial charge in [-0.2, -0.15) is 5.10 Å². The Kier molecular flexibility index (Phi) is 5.12. The topological polar surface area (TPSA) is 74.6 Å². The summed E-state index contributed by atoms with van der Waals surface area (Å²) in [6.45, 7) is 0. The van der Waals surface area contributed by atoms with Crippen LogP contribution in [0, 0.1) is 0 Å². The van der Waals surface area contributed by atoms with Crippen LogP contribution in [0.2, 0.25) is 0 Å². The molecule has 0 spiro atoms. The van der Waals surface area contributed by atoms with E-state index in [1.165, 1.54) is 17.6 Å². The number of rotatable bonds is 5. The molecule has 28 heavy (non-hydrogen) atoms. The molecule has 4 aromatic rings. The molecule has 0 aliphatic heterocycles. The molecular weight excluding hydrogens is 370 g/mol. The van der Waals surface area contributed by atoms with Gasteiger partial charge in [-0.05, 0) is 16.8 Å². The molecule has 0 saturated carbocycles. The van der Waals surface area contributed by atoms with Crippen LogP contribution in [0.5, 0.6) is 5.75 Å². The van der Waals surface area contributed by atoms with E-state index >= 15 is 0 Å². The predicted molar refractivity (Wildman–Crippen MR) is 113 cm³/mol. The summed E-state index contributed by atoms with van der Waals surface area (Å²) in [7, 11) is 0. The van der Waals surface area contributed by atoms with Crippen LogP contribution in [0.25, 0.3) is 22.0 Å². The summed E-state index contributed by atoms with van der Waals surface area (Å²) < 4.78 is 0. The normalized spacial score (nSPS) is 11.1. The van der Waals surface area contributed by atoms with Crippen LogP contribution in [0.4, 0.5) is 0 Å². The van der Waals surface area contributed by atoms with Crippen molar-refractivity contribution in [2.45, 2.75) is 6.42 Å². The summed E-state index contributed by atoms with van der Waals surface area (Å²) in [5.41, 5.74) is 4.96. The Morgan fingerprint density at radius 2 is 1.86 bits per heavy atom. The number of nitrogens with one attached hydrogen (secondary N) is 1. The molecule has 0 radical (unpaired) electrons. The molecule has 1 heterocycles. The summed E-state index contributed by atoms with van der Waals surface area (Å²) in [6.07, 6.45) is 1.61. The van der Waals surface area contributed by atoms with Gasteiger partial charge in [-0.1, -0.05) is 60.7 Å². The van der Waals surface area contributed by atoms with E-state index in [9.17, 15) is 9.90 Å². The number of aromatic hydroxyl groups is 1. The average Bonchev–Trinajstić information content (AvgIpc) is 3.19. The van der Waals surface area contributed by atoms with Crippen molar-refractivity contribution in [1.82, 2.24) is 10.4 Å². The number of thiazole rings is 1. The summed E-state index contributed by atoms with van der Waals surface area (Å²) in [6, 6.07) is 21.0. The molecule has 0 unspecified atom stereocenters. The van der Waals surface area contributed by atoms with Gasteiger partial charge in [0.15, 0.2) is 0 Å². The number of fused-ring (bicyclic) bond motifs is 1. The number of phenols is 1. The first-order valence-corrected chi connectivity index (χ1v) is 9.61. The van der Waals surface area contributed by atoms with Gasteiger partial charge in [0.2, 0.25) is 5.91 Å². The average molecular weight is 387 g/mol. The number of hydrogen-bond acceptors (Lipinski definition) is 5. The van der Waals surface area contributed by atoms with E-state index in [-0.39, 0.29) is 18.1 Å². The molecule has 0 saturated heterocycles. The predicted octanol–water partition coefficient (Wildman–Crippen LogP) is 4.36. The van der Waals surface area contributed by atoms with Crippen LogP contribution >= 0.6 is 11.3 Å². The lowest BCUT2D eigenvalue weighted by molar-refractivity contribution is -0.120. The van der Waals surface area contributed by atoms with Crippen LogP contribution in [-0.4, -0.2) is 22.2 Å². The molecule has 0 aliphatic carbocycles. The molecule has 4 rings (SSSR count). The van der Waals surface area contributed by atoms with Gasteiger partial charge in [-0.15, -0.1) is 11.3 Å². The summed E-state index contributed by atoms with van der Waals surface area (Å²) >= 11 is 1.44. The number of hydrazone groups is 1. The highest BCUT2D eigenvalue weighted by molar-refractivity contribution is 7.10. The Balaban J connectivity index is 1.43. The molecule has 0 fully saturated rings. The molecular formula is C22H17N3O2S. The summed E-state index contributed by atoms with van der Waals surface area (Å²) in [4.78, 5) is 16.7. The highest BCUT2D eigenvalue weighted by Gasteiger charge is 2.09. The first kappa shape index (κ1) is 17.9. The van der Waals surface area contributed by atoms with E-state index in [0.717, 1.165) is 27.0 Å². The van der Waals surface area contributed by atoms with Crippen LogP contribution in [0.3, 0.4) is 0 Å². The Morgan fingerprint density at radius 3 is 2.71 bits per heavy atom. The Labute approximate surface area is 166 Å². The lowest BCUT2D eigenvalue weighted by Gasteiger charge is -2.04. The molecule has 2 N–H and O–H groups in total. The maximum Gasteiger partial charge on any atom is 0.246 e. The van der Waals surface area contributed by atoms with Crippen molar-refractivity contribution in [3.63, 3.8) is 0 Å². The third-order valence-electron chi connectivity index (χ3n) is 4.26. The number of phenolic OH excluding ortho intramolecular Hbond substituents is 1. The van der Waals surface area contributed by atoms with Crippen molar-refractivity contribution >= 4 is 34.2 Å². The number of carbonyl (C=O) groups excluding carboxylic acids is 1. The zero-order valence-electron chi connectivity index (χ0n) is 14.9. The van der Waals surface area contributed by atoms with E-state index in [2.05, 4.69) is 15.5 Å². The van der Waals surface area contributed by atoms with Gasteiger partial charge in [0.05, 0.1) is 18.3 Å². The second-order valence-electron chi connectivity index (χ2n) is 6.18. The van der Waals surface area contributed by atoms with Crippen molar-refractivity contribution in [3.8, 4) is 17.0 Å². The summed E-state index contributed by atoms with van der Waals surface area (Å²) in [5, 5.41) is 18.6. The first-order valence-electron chi connectivity index (χ1n) is 8.73. The van der Waals surface area contributed by atoms with Gasteiger partial charge in [-0.3, -0.25) is 4.79 Å². The van der Waals surface area contributed by atoms with Crippen molar-refractivity contribution in [1.29, 1.82) is 0 Å². The van der Waals surface area contributed by atoms with Crippen LogP contribution < -0.4 is 5.43 Å². The fraction of sp³-hybridized carbons (Fsp3) is 0.0455. The van der Waals surface area contributed by atoms with Gasteiger partial charge in [0.25, 0.3) is 0 Å². The molecule has 1 aromatic heterocycles. The standard InChI is InChI=1S/C22H17N3O2S/c26-20-11-10-15-6-4-5-9-17(15)18(20)13-23-25-21(27)12-22-24-19(14-28-22)16-7-2-1-3-8-16/h1-11,13-14,26H,12H2,(H,25,27)/b23-13+. The smallest absolute Gasteiger partial charge is 0.246 e. The molecule has 6 heteroatoms. The Hall–Kier alpha value is -3.51. The third kappa shape index (κ3) is 3.92. The number of hydrogen-bond donors (Lipinski definition) is 2. The Bertz CT molecular complexity index is 1150. The molecule has 3 aromatic carbocycles. The van der Waals surface area contributed by atoms with Gasteiger partial charge < -0.3 is 5.11 Å². The number of benzene rings is 3. The van der Waals surface area contributed by atoms with Gasteiger partial charge in [0, 0.05) is 16.5 Å². The second kappa shape index (κ2) is 8.02. The number of carbonyl (C=O) groups is 1. The number of nitrogens with zero attached hydrogens (tertiary/aromatic N) is 2. The molecule has 138 valence electrons. The lowest BCUT2D eigenvalue weighted by Crippen LogP contribution is -2.19. The van der Waals surface area contributed by atoms with Crippen LogP contribution in [0.1, 0.15) is 10.6 Å². The van der Waals surface area contributed by atoms with Crippen molar-refractivity contribution in [2.75, 3.05) is 0 Å². The van der Waals surface area contributed by atoms with Crippen molar-refractivity contribution in [2.24, 2.45) is 5.10 Å². The molecule has 0 aliphatic rings. The van der Waals surface area contributed by atoms with Gasteiger partial charge in [0.1, 0.15) is 10.8 Å². The largest absolute Gasteiger partial charge is 0.507 e. The zero-order valence-corrected chi connectivity index (χ0v) is 15.7. The molecule has 0 bridgehead atoms. The minimum Gasteiger partial charge on any atom is -0.507 e. The minimum absolute atomic E-state index is 0.115. The highest BCUT2D eigenvalue weighted by Crippen LogP contribution is 2.25.